The van der Waals surface area contributed by atoms with Crippen LogP contribution >= 0.6 is 11.6 Å². The van der Waals surface area contributed by atoms with Crippen molar-refractivity contribution in [2.45, 2.75) is 11.3 Å². The van der Waals surface area contributed by atoms with E-state index >= 15 is 0 Å². The largest absolute Gasteiger partial charge is 0.383 e. The first-order chi connectivity index (χ1) is 9.43. The van der Waals surface area contributed by atoms with Gasteiger partial charge in [0.25, 0.3) is 0 Å². The lowest BCUT2D eigenvalue weighted by Crippen LogP contribution is -2.35. The van der Waals surface area contributed by atoms with E-state index < -0.39 is 20.7 Å². The summed E-state index contributed by atoms with van der Waals surface area (Å²) in [7, 11) is -2.60. The minimum Gasteiger partial charge on any atom is -0.383 e. The summed E-state index contributed by atoms with van der Waals surface area (Å²) in [6.45, 7) is 0.173. The van der Waals surface area contributed by atoms with Gasteiger partial charge in [-0.05, 0) is 18.2 Å². The van der Waals surface area contributed by atoms with Gasteiger partial charge in [-0.3, -0.25) is 0 Å². The molecule has 110 valence electrons. The summed E-state index contributed by atoms with van der Waals surface area (Å²) in [5, 5.41) is 8.69. The second-order valence-electron chi connectivity index (χ2n) is 3.88. The van der Waals surface area contributed by atoms with Gasteiger partial charge >= 0.3 is 0 Å². The Labute approximate surface area is 122 Å². The first-order valence-corrected chi connectivity index (χ1v) is 7.56. The zero-order valence-corrected chi connectivity index (χ0v) is 12.4. The van der Waals surface area contributed by atoms with Gasteiger partial charge in [-0.2, -0.15) is 9.57 Å². The summed E-state index contributed by atoms with van der Waals surface area (Å²) in [5.74, 6) is -0.920. The van der Waals surface area contributed by atoms with Crippen molar-refractivity contribution < 1.29 is 17.5 Å². The Morgan fingerprint density at radius 2 is 2.15 bits per heavy atom. The third-order valence-corrected chi connectivity index (χ3v) is 4.70. The molecule has 1 rings (SSSR count). The Bertz CT molecular complexity index is 601. The Morgan fingerprint density at radius 1 is 1.45 bits per heavy atom. The molecule has 0 amide bonds. The minimum absolute atomic E-state index is 0.0121. The van der Waals surface area contributed by atoms with Crippen molar-refractivity contribution in [2.24, 2.45) is 0 Å². The lowest BCUT2D eigenvalue weighted by Gasteiger charge is -2.21. The van der Waals surface area contributed by atoms with E-state index in [1.807, 2.05) is 6.07 Å². The van der Waals surface area contributed by atoms with Crippen LogP contribution in [0.4, 0.5) is 4.39 Å². The van der Waals surface area contributed by atoms with Gasteiger partial charge in [-0.15, -0.1) is 0 Å². The smallest absolute Gasteiger partial charge is 0.246 e. The molecule has 0 radical (unpaired) electrons. The highest BCUT2D eigenvalue weighted by atomic mass is 35.5. The van der Waals surface area contributed by atoms with Crippen molar-refractivity contribution in [2.75, 3.05) is 26.8 Å². The van der Waals surface area contributed by atoms with Crippen molar-refractivity contribution in [1.29, 1.82) is 5.26 Å². The highest BCUT2D eigenvalue weighted by Gasteiger charge is 2.27. The first-order valence-electron chi connectivity index (χ1n) is 5.74. The van der Waals surface area contributed by atoms with E-state index in [2.05, 4.69) is 0 Å². The predicted molar refractivity (Wildman–Crippen MR) is 72.3 cm³/mol. The lowest BCUT2D eigenvalue weighted by atomic mass is 10.3. The van der Waals surface area contributed by atoms with Crippen molar-refractivity contribution in [3.05, 3.63) is 29.0 Å². The number of nitrogens with zero attached hydrogens (tertiary/aromatic N) is 2. The molecule has 0 aromatic heterocycles. The first kappa shape index (κ1) is 16.9. The van der Waals surface area contributed by atoms with E-state index in [1.54, 1.807) is 0 Å². The van der Waals surface area contributed by atoms with Crippen LogP contribution in [0.3, 0.4) is 0 Å². The van der Waals surface area contributed by atoms with Gasteiger partial charge in [0.05, 0.1) is 12.7 Å². The zero-order chi connectivity index (χ0) is 15.2. The van der Waals surface area contributed by atoms with E-state index in [-0.39, 0.29) is 31.1 Å². The second-order valence-corrected chi connectivity index (χ2v) is 6.22. The van der Waals surface area contributed by atoms with Crippen LogP contribution in [-0.2, 0) is 14.8 Å². The van der Waals surface area contributed by atoms with Gasteiger partial charge in [0.1, 0.15) is 10.7 Å². The van der Waals surface area contributed by atoms with Crippen molar-refractivity contribution >= 4 is 21.6 Å². The average molecular weight is 321 g/mol. The van der Waals surface area contributed by atoms with Crippen LogP contribution in [0.5, 0.6) is 0 Å². The summed E-state index contributed by atoms with van der Waals surface area (Å²) in [6.07, 6.45) is 0.0121. The van der Waals surface area contributed by atoms with Gasteiger partial charge < -0.3 is 4.74 Å². The number of rotatable bonds is 7. The predicted octanol–water partition coefficient (Wildman–Crippen LogP) is 2.03. The van der Waals surface area contributed by atoms with E-state index in [0.717, 1.165) is 16.4 Å². The normalized spacial score (nSPS) is 11.6. The number of methoxy groups -OCH3 is 1. The van der Waals surface area contributed by atoms with Gasteiger partial charge in [-0.25, -0.2) is 12.8 Å². The van der Waals surface area contributed by atoms with Gasteiger partial charge in [0, 0.05) is 31.6 Å². The number of ether oxygens (including phenoxy) is 1. The Balaban J connectivity index is 3.11. The fraction of sp³-hybridized carbons (Fsp3) is 0.417. The van der Waals surface area contributed by atoms with Crippen LogP contribution < -0.4 is 0 Å². The molecule has 0 heterocycles. The number of benzene rings is 1. The summed E-state index contributed by atoms with van der Waals surface area (Å²) in [6, 6.07) is 5.21. The molecule has 8 heteroatoms. The van der Waals surface area contributed by atoms with Crippen LogP contribution in [0.1, 0.15) is 6.42 Å². The van der Waals surface area contributed by atoms with Crippen LogP contribution in [-0.4, -0.2) is 39.5 Å². The summed E-state index contributed by atoms with van der Waals surface area (Å²) in [4.78, 5) is -0.462. The number of hydrogen-bond donors (Lipinski definition) is 0. The quantitative estimate of drug-likeness (QED) is 0.770. The van der Waals surface area contributed by atoms with Gasteiger partial charge in [0.15, 0.2) is 0 Å². The maximum Gasteiger partial charge on any atom is 0.246 e. The molecular formula is C12H14ClFN2O3S. The molecule has 1 aromatic rings. The Hall–Kier alpha value is -1.20. The van der Waals surface area contributed by atoms with Crippen LogP contribution in [0.25, 0.3) is 0 Å². The highest BCUT2D eigenvalue weighted by molar-refractivity contribution is 7.89. The van der Waals surface area contributed by atoms with Crippen LogP contribution in [0.15, 0.2) is 23.1 Å². The van der Waals surface area contributed by atoms with Crippen LogP contribution in [0, 0.1) is 17.1 Å². The summed E-state index contributed by atoms with van der Waals surface area (Å²) < 4.78 is 44.3. The standard InChI is InChI=1S/C12H14ClFN2O3S/c1-19-8-7-16(6-2-5-15)20(17,18)12-4-3-10(13)9-11(12)14/h3-4,9H,2,6-8H2,1H3. The van der Waals surface area contributed by atoms with Gasteiger partial charge in [-0.1, -0.05) is 11.6 Å². The molecule has 0 saturated heterocycles. The van der Waals surface area contributed by atoms with E-state index in [9.17, 15) is 12.8 Å². The van der Waals surface area contributed by atoms with E-state index in [1.165, 1.54) is 13.2 Å². The maximum atomic E-state index is 13.8. The molecule has 0 saturated carbocycles. The number of halogens is 2. The Kier molecular flexibility index (Phi) is 6.36. The molecular weight excluding hydrogens is 307 g/mol. The SMILES string of the molecule is COCCN(CCC#N)S(=O)(=O)c1ccc(Cl)cc1F. The maximum absolute atomic E-state index is 13.8. The molecule has 1 aromatic carbocycles. The summed E-state index contributed by atoms with van der Waals surface area (Å²) in [5.41, 5.74) is 0. The van der Waals surface area contributed by atoms with Crippen molar-refractivity contribution in [1.82, 2.24) is 4.31 Å². The topological polar surface area (TPSA) is 70.4 Å². The zero-order valence-electron chi connectivity index (χ0n) is 10.8. The van der Waals surface area contributed by atoms with Crippen molar-refractivity contribution in [3.63, 3.8) is 0 Å². The molecule has 5 nitrogen and oxygen atoms in total. The highest BCUT2D eigenvalue weighted by Crippen LogP contribution is 2.22. The van der Waals surface area contributed by atoms with E-state index in [4.69, 9.17) is 21.6 Å². The second kappa shape index (κ2) is 7.55. The molecule has 0 bridgehead atoms. The monoisotopic (exact) mass is 320 g/mol. The summed E-state index contributed by atoms with van der Waals surface area (Å²) >= 11 is 5.60. The number of hydrogen-bond acceptors (Lipinski definition) is 4. The fourth-order valence-corrected chi connectivity index (χ4v) is 3.17. The minimum atomic E-state index is -4.02. The fourth-order valence-electron chi connectivity index (χ4n) is 1.54. The molecule has 0 unspecified atom stereocenters. The number of sulfonamides is 1. The third-order valence-electron chi connectivity index (χ3n) is 2.53. The Morgan fingerprint density at radius 3 is 2.70 bits per heavy atom. The molecule has 0 aliphatic carbocycles. The van der Waals surface area contributed by atoms with Crippen molar-refractivity contribution in [3.8, 4) is 6.07 Å². The molecule has 0 aliphatic rings. The van der Waals surface area contributed by atoms with Gasteiger partial charge in [0.2, 0.25) is 10.0 Å². The molecule has 0 atom stereocenters. The third kappa shape index (κ3) is 4.15. The molecule has 20 heavy (non-hydrogen) atoms. The van der Waals surface area contributed by atoms with E-state index in [0.29, 0.717) is 0 Å². The molecule has 0 spiro atoms. The van der Waals surface area contributed by atoms with Crippen LogP contribution in [0.2, 0.25) is 5.02 Å². The number of nitriles is 1. The molecule has 0 aliphatic heterocycles. The average Bonchev–Trinajstić information content (AvgIpc) is 2.38. The molecule has 0 N–H and O–H groups in total. The lowest BCUT2D eigenvalue weighted by molar-refractivity contribution is 0.179. The molecule has 0 fully saturated rings.